The fourth-order valence-corrected chi connectivity index (χ4v) is 6.52. The van der Waals surface area contributed by atoms with Crippen LogP contribution in [-0.2, 0) is 11.3 Å². The average molecular weight is 555 g/mol. The van der Waals surface area contributed by atoms with Crippen molar-refractivity contribution in [2.45, 2.75) is 24.1 Å². The van der Waals surface area contributed by atoms with Crippen molar-refractivity contribution >= 4 is 55.8 Å². The van der Waals surface area contributed by atoms with Crippen LogP contribution in [0.1, 0.15) is 28.8 Å². The van der Waals surface area contributed by atoms with Gasteiger partial charge in [0.2, 0.25) is 5.91 Å². The minimum Gasteiger partial charge on any atom is -0.356 e. The van der Waals surface area contributed by atoms with Crippen LogP contribution >= 0.6 is 39.9 Å². The summed E-state index contributed by atoms with van der Waals surface area (Å²) in [4.78, 5) is 27.9. The molecule has 2 bridgehead atoms. The van der Waals surface area contributed by atoms with Crippen molar-refractivity contribution in [3.05, 3.63) is 98.9 Å². The van der Waals surface area contributed by atoms with E-state index in [4.69, 9.17) is 12.2 Å². The molecule has 2 aliphatic rings. The first-order valence-corrected chi connectivity index (χ1v) is 13.3. The number of fused-ring (bicyclic) bond motifs is 4. The van der Waals surface area contributed by atoms with Crippen LogP contribution in [0.3, 0.4) is 0 Å². The quantitative estimate of drug-likeness (QED) is 0.436. The number of pyridine rings is 1. The van der Waals surface area contributed by atoms with Crippen molar-refractivity contribution in [1.82, 2.24) is 9.47 Å². The summed E-state index contributed by atoms with van der Waals surface area (Å²) in [5.41, 5.74) is 2.83. The number of hydrogen-bond acceptors (Lipinski definition) is 4. The molecule has 5 nitrogen and oxygen atoms in total. The Kier molecular flexibility index (Phi) is 6.90. The molecule has 0 saturated carbocycles. The van der Waals surface area contributed by atoms with Gasteiger partial charge in [-0.05, 0) is 48.2 Å². The Morgan fingerprint density at radius 1 is 1.00 bits per heavy atom. The lowest BCUT2D eigenvalue weighted by molar-refractivity contribution is -0.115. The van der Waals surface area contributed by atoms with Crippen LogP contribution in [0.5, 0.6) is 0 Å². The molecular weight excluding hydrogens is 530 g/mol. The molecule has 34 heavy (non-hydrogen) atoms. The normalized spacial score (nSPS) is 19.7. The first-order chi connectivity index (χ1) is 16.5. The fraction of sp³-hybridized carbons (Fsp3) is 0.269. The van der Waals surface area contributed by atoms with E-state index in [1.165, 1.54) is 11.8 Å². The van der Waals surface area contributed by atoms with Crippen molar-refractivity contribution < 1.29 is 4.79 Å². The molecule has 2 aliphatic heterocycles. The molecule has 3 atom stereocenters. The maximum atomic E-state index is 13.4. The molecule has 0 aliphatic carbocycles. The number of carbonyl (C=O) groups is 1. The molecule has 0 unspecified atom stereocenters. The summed E-state index contributed by atoms with van der Waals surface area (Å²) in [6.45, 7) is 2.29. The molecule has 174 valence electrons. The molecule has 1 aromatic heterocycles. The number of benzene rings is 2. The van der Waals surface area contributed by atoms with Gasteiger partial charge in [0, 0.05) is 47.5 Å². The van der Waals surface area contributed by atoms with Gasteiger partial charge in [0.15, 0.2) is 0 Å². The summed E-state index contributed by atoms with van der Waals surface area (Å²) in [6, 6.07) is 22.9. The Hall–Kier alpha value is -2.42. The highest BCUT2D eigenvalue weighted by Crippen LogP contribution is 2.39. The van der Waals surface area contributed by atoms with Crippen LogP contribution in [-0.4, -0.2) is 32.8 Å². The number of hydrogen-bond donors (Lipinski definition) is 1. The van der Waals surface area contributed by atoms with Gasteiger partial charge in [-0.25, -0.2) is 0 Å². The topological polar surface area (TPSA) is 54.3 Å². The Balaban J connectivity index is 1.34. The standard InChI is InChI=1S/C26H24BrN3O2S2/c27-20-9-11-21(12-10-20)28-25(32)24(18-5-2-1-3-6-18)34-26(33)29-14-17-13-19(16-29)22-7-4-8-23(31)30(22)15-17/h1-12,17,19,24H,13-16H2,(H,28,32)/t17-,19-,24-/m0/s1. The van der Waals surface area contributed by atoms with Crippen LogP contribution in [0.2, 0.25) is 0 Å². The van der Waals surface area contributed by atoms with Crippen LogP contribution < -0.4 is 10.9 Å². The first-order valence-electron chi connectivity index (χ1n) is 11.2. The third-order valence-corrected chi connectivity index (χ3v) is 8.67. The van der Waals surface area contributed by atoms with Crippen molar-refractivity contribution in [3.8, 4) is 0 Å². The largest absolute Gasteiger partial charge is 0.356 e. The number of amides is 1. The Labute approximate surface area is 216 Å². The number of halogens is 1. The first kappa shape index (κ1) is 23.3. The molecular formula is C26H24BrN3O2S2. The van der Waals surface area contributed by atoms with Crippen LogP contribution in [0.25, 0.3) is 0 Å². The van der Waals surface area contributed by atoms with Gasteiger partial charge >= 0.3 is 0 Å². The van der Waals surface area contributed by atoms with Gasteiger partial charge in [0.05, 0.1) is 0 Å². The molecule has 1 fully saturated rings. The number of thioether (sulfide) groups is 1. The number of anilines is 1. The number of nitrogens with one attached hydrogen (secondary N) is 1. The zero-order chi connectivity index (χ0) is 23.7. The lowest BCUT2D eigenvalue weighted by Gasteiger charge is -2.43. The summed E-state index contributed by atoms with van der Waals surface area (Å²) in [5, 5.41) is 2.57. The van der Waals surface area contributed by atoms with Gasteiger partial charge in [0.1, 0.15) is 9.57 Å². The molecule has 0 radical (unpaired) electrons. The zero-order valence-corrected chi connectivity index (χ0v) is 21.6. The average Bonchev–Trinajstić information content (AvgIpc) is 2.85. The second kappa shape index (κ2) is 10.1. The molecule has 1 amide bonds. The van der Waals surface area contributed by atoms with E-state index >= 15 is 0 Å². The lowest BCUT2D eigenvalue weighted by Crippen LogP contribution is -2.48. The van der Waals surface area contributed by atoms with Gasteiger partial charge in [-0.15, -0.1) is 0 Å². The number of likely N-dealkylation sites (tertiary alicyclic amines) is 1. The number of aromatic nitrogens is 1. The zero-order valence-electron chi connectivity index (χ0n) is 18.4. The number of nitrogens with zero attached hydrogens (tertiary/aromatic N) is 2. The summed E-state index contributed by atoms with van der Waals surface area (Å²) in [5.74, 6) is 0.540. The molecule has 0 spiro atoms. The van der Waals surface area contributed by atoms with Gasteiger partial charge in [-0.2, -0.15) is 0 Å². The number of piperidine rings is 1. The maximum Gasteiger partial charge on any atom is 0.250 e. The molecule has 5 rings (SSSR count). The second-order valence-corrected chi connectivity index (χ2v) is 11.4. The maximum absolute atomic E-state index is 13.4. The van der Waals surface area contributed by atoms with Crippen molar-refractivity contribution in [2.75, 3.05) is 18.4 Å². The van der Waals surface area contributed by atoms with Gasteiger partial charge < -0.3 is 14.8 Å². The van der Waals surface area contributed by atoms with E-state index in [0.717, 1.165) is 51.8 Å². The van der Waals surface area contributed by atoms with Gasteiger partial charge in [-0.3, -0.25) is 9.59 Å². The minimum atomic E-state index is -0.464. The highest BCUT2D eigenvalue weighted by atomic mass is 79.9. The third kappa shape index (κ3) is 4.99. The lowest BCUT2D eigenvalue weighted by atomic mass is 9.83. The van der Waals surface area contributed by atoms with E-state index < -0.39 is 5.25 Å². The van der Waals surface area contributed by atoms with Gasteiger partial charge in [-0.1, -0.05) is 76.3 Å². The van der Waals surface area contributed by atoms with Gasteiger partial charge in [0.25, 0.3) is 5.56 Å². The van der Waals surface area contributed by atoms with Crippen molar-refractivity contribution in [3.63, 3.8) is 0 Å². The van der Waals surface area contributed by atoms with Crippen LogP contribution in [0.15, 0.2) is 82.1 Å². The summed E-state index contributed by atoms with van der Waals surface area (Å²) < 4.78 is 3.60. The second-order valence-electron chi connectivity index (χ2n) is 8.77. The fourth-order valence-electron chi connectivity index (χ4n) is 4.86. The van der Waals surface area contributed by atoms with E-state index in [1.54, 1.807) is 6.07 Å². The Bertz CT molecular complexity index is 1260. The molecule has 3 aromatic rings. The van der Waals surface area contributed by atoms with Crippen LogP contribution in [0, 0.1) is 5.92 Å². The SMILES string of the molecule is O=C(Nc1ccc(Br)cc1)[C@@H](SC(=S)N1C[C@@H]2C[C@@H](C1)c1cccc(=O)n1C2)c1ccccc1. The molecule has 8 heteroatoms. The van der Waals surface area contributed by atoms with Crippen LogP contribution in [0.4, 0.5) is 5.69 Å². The van der Waals surface area contributed by atoms with E-state index in [2.05, 4.69) is 32.2 Å². The van der Waals surface area contributed by atoms with E-state index in [9.17, 15) is 9.59 Å². The van der Waals surface area contributed by atoms with E-state index in [-0.39, 0.29) is 17.4 Å². The predicted octanol–water partition coefficient (Wildman–Crippen LogP) is 5.43. The van der Waals surface area contributed by atoms with Crippen molar-refractivity contribution in [1.29, 1.82) is 0 Å². The smallest absolute Gasteiger partial charge is 0.250 e. The number of carbonyl (C=O) groups excluding carboxylic acids is 1. The number of thiocarbonyl (C=S) groups is 1. The third-order valence-electron chi connectivity index (χ3n) is 6.41. The minimum absolute atomic E-state index is 0.0753. The number of rotatable bonds is 4. The molecule has 1 N–H and O–H groups in total. The predicted molar refractivity (Wildman–Crippen MR) is 145 cm³/mol. The van der Waals surface area contributed by atoms with E-state index in [1.807, 2.05) is 65.2 Å². The molecule has 1 saturated heterocycles. The highest BCUT2D eigenvalue weighted by Gasteiger charge is 2.36. The van der Waals surface area contributed by atoms with Crippen molar-refractivity contribution in [2.24, 2.45) is 5.92 Å². The Morgan fingerprint density at radius 2 is 1.76 bits per heavy atom. The highest BCUT2D eigenvalue weighted by molar-refractivity contribution is 9.10. The summed E-state index contributed by atoms with van der Waals surface area (Å²) >= 11 is 10.7. The monoisotopic (exact) mass is 553 g/mol. The summed E-state index contributed by atoms with van der Waals surface area (Å²) in [7, 11) is 0. The molecule has 2 aromatic carbocycles. The summed E-state index contributed by atoms with van der Waals surface area (Å²) in [6.07, 6.45) is 1.07. The van der Waals surface area contributed by atoms with E-state index in [0.29, 0.717) is 5.92 Å². The Morgan fingerprint density at radius 3 is 2.53 bits per heavy atom. The molecule has 3 heterocycles.